The van der Waals surface area contributed by atoms with Gasteiger partial charge in [-0.3, -0.25) is 4.79 Å². The maximum Gasteiger partial charge on any atom is 0.162 e. The number of ketones is 1. The van der Waals surface area contributed by atoms with Crippen molar-refractivity contribution in [2.45, 2.75) is 45.4 Å². The highest BCUT2D eigenvalue weighted by molar-refractivity contribution is 6.37. The number of hydrogen-bond donors (Lipinski definition) is 1. The van der Waals surface area contributed by atoms with Gasteiger partial charge in [0.25, 0.3) is 0 Å². The number of hydrogen-bond acceptors (Lipinski definition) is 2. The van der Waals surface area contributed by atoms with Crippen LogP contribution in [0.25, 0.3) is 0 Å². The van der Waals surface area contributed by atoms with Gasteiger partial charge < -0.3 is 5.11 Å². The number of unbranched alkanes of at least 4 members (excludes halogenated alkanes) is 4. The van der Waals surface area contributed by atoms with Crippen molar-refractivity contribution in [3.63, 3.8) is 0 Å². The third-order valence-corrected chi connectivity index (χ3v) is 3.42. The van der Waals surface area contributed by atoms with Crippen LogP contribution >= 0.6 is 23.2 Å². The highest BCUT2D eigenvalue weighted by Gasteiger charge is 2.11. The fraction of sp³-hybridized carbons (Fsp3) is 0.500. The molecule has 100 valence electrons. The normalized spacial score (nSPS) is 10.6. The Labute approximate surface area is 118 Å². The van der Waals surface area contributed by atoms with Crippen molar-refractivity contribution in [1.82, 2.24) is 0 Å². The summed E-state index contributed by atoms with van der Waals surface area (Å²) in [5, 5.41) is 9.65. The van der Waals surface area contributed by atoms with Crippen LogP contribution in [0.15, 0.2) is 12.1 Å². The van der Waals surface area contributed by atoms with Crippen molar-refractivity contribution in [2.24, 2.45) is 0 Å². The molecule has 0 radical (unpaired) electrons. The predicted octanol–water partition coefficient (Wildman–Crippen LogP) is 5.24. The van der Waals surface area contributed by atoms with Gasteiger partial charge in [0.1, 0.15) is 0 Å². The second-order valence-corrected chi connectivity index (χ2v) is 5.19. The van der Waals surface area contributed by atoms with Gasteiger partial charge in [-0.05, 0) is 18.6 Å². The average Bonchev–Trinajstić information content (AvgIpc) is 2.34. The Hall–Kier alpha value is -0.730. The summed E-state index contributed by atoms with van der Waals surface area (Å²) in [6.07, 6.45) is 6.03. The van der Waals surface area contributed by atoms with Crippen LogP contribution in [-0.4, -0.2) is 10.9 Å². The van der Waals surface area contributed by atoms with Crippen LogP contribution in [0.4, 0.5) is 0 Å². The largest absolute Gasteiger partial charge is 0.505 e. The summed E-state index contributed by atoms with van der Waals surface area (Å²) in [6, 6.07) is 2.94. The maximum atomic E-state index is 11.9. The van der Waals surface area contributed by atoms with E-state index in [4.69, 9.17) is 23.2 Å². The van der Waals surface area contributed by atoms with Crippen LogP contribution in [0.2, 0.25) is 10.0 Å². The van der Waals surface area contributed by atoms with Crippen molar-refractivity contribution in [3.05, 3.63) is 27.7 Å². The summed E-state index contributed by atoms with van der Waals surface area (Å²) in [5.41, 5.74) is 0.471. The number of benzene rings is 1. The third-order valence-electron chi connectivity index (χ3n) is 2.85. The molecule has 1 N–H and O–H groups in total. The molecule has 0 aliphatic carbocycles. The van der Waals surface area contributed by atoms with Crippen LogP contribution < -0.4 is 0 Å². The second-order valence-electron chi connectivity index (χ2n) is 4.38. The molecular formula is C14H18Cl2O2. The lowest BCUT2D eigenvalue weighted by molar-refractivity contribution is 0.0979. The highest BCUT2D eigenvalue weighted by atomic mass is 35.5. The minimum atomic E-state index is -0.169. The van der Waals surface area contributed by atoms with E-state index in [0.29, 0.717) is 12.0 Å². The number of aromatic hydroxyl groups is 1. The number of phenolic OH excluding ortho intramolecular Hbond substituents is 1. The van der Waals surface area contributed by atoms with E-state index in [2.05, 4.69) is 6.92 Å². The molecule has 1 rings (SSSR count). The Morgan fingerprint density at radius 2 is 1.67 bits per heavy atom. The Balaban J connectivity index is 2.52. The van der Waals surface area contributed by atoms with E-state index in [1.54, 1.807) is 0 Å². The molecule has 0 aliphatic rings. The zero-order valence-corrected chi connectivity index (χ0v) is 12.0. The number of halogens is 2. The maximum absolute atomic E-state index is 11.9. The van der Waals surface area contributed by atoms with Crippen molar-refractivity contribution in [1.29, 1.82) is 0 Å². The molecule has 0 amide bonds. The van der Waals surface area contributed by atoms with Gasteiger partial charge in [-0.1, -0.05) is 55.8 Å². The first-order valence-electron chi connectivity index (χ1n) is 6.27. The van der Waals surface area contributed by atoms with E-state index < -0.39 is 0 Å². The minimum absolute atomic E-state index is 0.0234. The molecule has 1 aromatic rings. The molecule has 0 saturated carbocycles. The standard InChI is InChI=1S/C14H18Cl2O2/c1-2-3-4-5-6-7-13(17)10-8-11(15)14(18)12(16)9-10/h8-9,18H,2-7H2,1H3. The fourth-order valence-electron chi connectivity index (χ4n) is 1.76. The molecule has 0 spiro atoms. The summed E-state index contributed by atoms with van der Waals surface area (Å²) in [7, 11) is 0. The van der Waals surface area contributed by atoms with Crippen molar-refractivity contribution >= 4 is 29.0 Å². The van der Waals surface area contributed by atoms with Gasteiger partial charge in [-0.15, -0.1) is 0 Å². The Morgan fingerprint density at radius 1 is 1.11 bits per heavy atom. The molecule has 0 aromatic heterocycles. The van der Waals surface area contributed by atoms with E-state index in [1.165, 1.54) is 31.4 Å². The summed E-state index contributed by atoms with van der Waals surface area (Å²) in [4.78, 5) is 11.9. The first kappa shape index (κ1) is 15.3. The summed E-state index contributed by atoms with van der Waals surface area (Å²) >= 11 is 11.6. The number of rotatable bonds is 7. The molecular weight excluding hydrogens is 271 g/mol. The van der Waals surface area contributed by atoms with Gasteiger partial charge >= 0.3 is 0 Å². The first-order chi connectivity index (χ1) is 8.56. The van der Waals surface area contributed by atoms with E-state index in [9.17, 15) is 9.90 Å². The van der Waals surface area contributed by atoms with Crippen molar-refractivity contribution in [2.75, 3.05) is 0 Å². The average molecular weight is 289 g/mol. The summed E-state index contributed by atoms with van der Waals surface area (Å²) in [6.45, 7) is 2.16. The monoisotopic (exact) mass is 288 g/mol. The molecule has 0 aliphatic heterocycles. The molecule has 1 aromatic carbocycles. The van der Waals surface area contributed by atoms with Crippen LogP contribution in [0.5, 0.6) is 5.75 Å². The Bertz CT molecular complexity index is 393. The third kappa shape index (κ3) is 4.51. The highest BCUT2D eigenvalue weighted by Crippen LogP contribution is 2.33. The van der Waals surface area contributed by atoms with Crippen LogP contribution in [0, 0.1) is 0 Å². The van der Waals surface area contributed by atoms with Crippen molar-refractivity contribution in [3.8, 4) is 5.75 Å². The fourth-order valence-corrected chi connectivity index (χ4v) is 2.25. The minimum Gasteiger partial charge on any atom is -0.505 e. The van der Waals surface area contributed by atoms with Crippen LogP contribution in [0.1, 0.15) is 55.8 Å². The lowest BCUT2D eigenvalue weighted by Crippen LogP contribution is -1.99. The van der Waals surface area contributed by atoms with Crippen molar-refractivity contribution < 1.29 is 9.90 Å². The SMILES string of the molecule is CCCCCCCC(=O)c1cc(Cl)c(O)c(Cl)c1. The summed E-state index contributed by atoms with van der Waals surface area (Å²) in [5.74, 6) is -0.145. The van der Waals surface area contributed by atoms with Gasteiger partial charge in [0.2, 0.25) is 0 Å². The van der Waals surface area contributed by atoms with E-state index >= 15 is 0 Å². The van der Waals surface area contributed by atoms with Gasteiger partial charge in [0, 0.05) is 12.0 Å². The van der Waals surface area contributed by atoms with E-state index in [1.807, 2.05) is 0 Å². The van der Waals surface area contributed by atoms with Gasteiger partial charge in [-0.25, -0.2) is 0 Å². The van der Waals surface area contributed by atoms with E-state index in [-0.39, 0.29) is 21.6 Å². The number of carbonyl (C=O) groups excluding carboxylic acids is 1. The smallest absolute Gasteiger partial charge is 0.162 e. The molecule has 0 heterocycles. The molecule has 2 nitrogen and oxygen atoms in total. The molecule has 0 atom stereocenters. The Kier molecular flexibility index (Phi) is 6.51. The predicted molar refractivity (Wildman–Crippen MR) is 75.8 cm³/mol. The molecule has 0 bridgehead atoms. The molecule has 4 heteroatoms. The molecule has 18 heavy (non-hydrogen) atoms. The lowest BCUT2D eigenvalue weighted by atomic mass is 10.0. The first-order valence-corrected chi connectivity index (χ1v) is 7.03. The summed E-state index contributed by atoms with van der Waals surface area (Å²) < 4.78 is 0. The van der Waals surface area contributed by atoms with Gasteiger partial charge in [-0.2, -0.15) is 0 Å². The molecule has 0 unspecified atom stereocenters. The van der Waals surface area contributed by atoms with Gasteiger partial charge in [0.15, 0.2) is 11.5 Å². The second kappa shape index (κ2) is 7.65. The Morgan fingerprint density at radius 3 is 2.22 bits per heavy atom. The van der Waals surface area contributed by atoms with E-state index in [0.717, 1.165) is 12.8 Å². The van der Waals surface area contributed by atoms with Crippen LogP contribution in [0.3, 0.4) is 0 Å². The zero-order valence-electron chi connectivity index (χ0n) is 10.5. The molecule has 0 saturated heterocycles. The molecule has 0 fully saturated rings. The number of phenols is 1. The van der Waals surface area contributed by atoms with Gasteiger partial charge in [0.05, 0.1) is 10.0 Å². The topological polar surface area (TPSA) is 37.3 Å². The quantitative estimate of drug-likeness (QED) is 0.550. The van der Waals surface area contributed by atoms with Crippen LogP contribution in [-0.2, 0) is 0 Å². The lowest BCUT2D eigenvalue weighted by Gasteiger charge is -2.05. The number of carbonyl (C=O) groups is 1. The zero-order chi connectivity index (χ0) is 13.5. The number of Topliss-reactive ketones (excluding diaryl/α,β-unsaturated/α-hetero) is 1.